The minimum atomic E-state index is -0.507. The molecule has 4 atom stereocenters. The number of likely N-dealkylation sites (tertiary alicyclic amines) is 1. The standard InChI is InChI=1S/C28H29NO6/c1-3-10-29-27(33)19-9-8-18-20(24(19)28(29)34)14-21-22(31)13-15(2)26(32)25(21)23(18)16-4-6-17(7-5-16)35-12-11-30/h4-8,13,19-20,23-24,30H,3,9-12,14H2,1-2H3/t19-,20+,23-,24-/m0/s1. The maximum absolute atomic E-state index is 13.4. The number of Topliss-reactive ketones (excluding diaryl/α,β-unsaturated/α-hetero) is 1. The van der Waals surface area contributed by atoms with Crippen molar-refractivity contribution < 1.29 is 29.0 Å². The molecular weight excluding hydrogens is 446 g/mol. The average Bonchev–Trinajstić information content (AvgIpc) is 3.10. The highest BCUT2D eigenvalue weighted by atomic mass is 16.5. The number of aliphatic hydroxyl groups excluding tert-OH is 1. The number of ketones is 2. The van der Waals surface area contributed by atoms with E-state index in [9.17, 15) is 19.2 Å². The number of rotatable bonds is 6. The number of carbonyl (C=O) groups is 4. The van der Waals surface area contributed by atoms with Gasteiger partial charge in [-0.3, -0.25) is 24.1 Å². The number of ether oxygens (including phenoxy) is 1. The quantitative estimate of drug-likeness (QED) is 0.386. The van der Waals surface area contributed by atoms with Gasteiger partial charge in [-0.2, -0.15) is 0 Å². The van der Waals surface area contributed by atoms with Crippen molar-refractivity contribution in [3.05, 3.63) is 64.3 Å². The van der Waals surface area contributed by atoms with Crippen LogP contribution in [-0.4, -0.2) is 53.1 Å². The Morgan fingerprint density at radius 1 is 1.06 bits per heavy atom. The Morgan fingerprint density at radius 2 is 1.80 bits per heavy atom. The van der Waals surface area contributed by atoms with Crippen LogP contribution in [0.5, 0.6) is 5.75 Å². The van der Waals surface area contributed by atoms with Crippen LogP contribution in [0.2, 0.25) is 0 Å². The molecule has 0 spiro atoms. The van der Waals surface area contributed by atoms with E-state index in [1.165, 1.54) is 11.0 Å². The highest BCUT2D eigenvalue weighted by Crippen LogP contribution is 2.55. The van der Waals surface area contributed by atoms with Crippen LogP contribution in [0, 0.1) is 17.8 Å². The van der Waals surface area contributed by atoms with Crippen molar-refractivity contribution in [3.8, 4) is 5.75 Å². The highest BCUT2D eigenvalue weighted by Gasteiger charge is 2.55. The third kappa shape index (κ3) is 3.69. The van der Waals surface area contributed by atoms with Gasteiger partial charge in [-0.05, 0) is 55.9 Å². The number of hydrogen-bond acceptors (Lipinski definition) is 6. The van der Waals surface area contributed by atoms with E-state index in [0.29, 0.717) is 48.3 Å². The molecule has 5 rings (SSSR count). The van der Waals surface area contributed by atoms with Crippen LogP contribution in [0.4, 0.5) is 0 Å². The predicted molar refractivity (Wildman–Crippen MR) is 127 cm³/mol. The van der Waals surface area contributed by atoms with Crippen molar-refractivity contribution >= 4 is 23.4 Å². The summed E-state index contributed by atoms with van der Waals surface area (Å²) in [6.07, 6.45) is 4.87. The molecule has 0 radical (unpaired) electrons. The van der Waals surface area contributed by atoms with E-state index in [1.807, 2.05) is 25.1 Å². The molecule has 1 fully saturated rings. The van der Waals surface area contributed by atoms with Crippen molar-refractivity contribution in [2.75, 3.05) is 19.8 Å². The molecule has 182 valence electrons. The van der Waals surface area contributed by atoms with Crippen molar-refractivity contribution in [1.82, 2.24) is 4.90 Å². The summed E-state index contributed by atoms with van der Waals surface area (Å²) in [5, 5.41) is 9.02. The Bertz CT molecular complexity index is 1200. The molecule has 1 aromatic carbocycles. The molecule has 0 aromatic heterocycles. The van der Waals surface area contributed by atoms with Crippen LogP contribution in [0.25, 0.3) is 0 Å². The van der Waals surface area contributed by atoms with Crippen LogP contribution in [0.1, 0.15) is 44.6 Å². The van der Waals surface area contributed by atoms with E-state index in [0.717, 1.165) is 11.1 Å². The maximum Gasteiger partial charge on any atom is 0.233 e. The Balaban J connectivity index is 1.60. The minimum Gasteiger partial charge on any atom is -0.491 e. The number of carbonyl (C=O) groups excluding carboxylic acids is 4. The molecule has 1 aromatic rings. The van der Waals surface area contributed by atoms with Gasteiger partial charge in [-0.25, -0.2) is 0 Å². The molecule has 1 aliphatic heterocycles. The van der Waals surface area contributed by atoms with Gasteiger partial charge >= 0.3 is 0 Å². The van der Waals surface area contributed by atoms with Gasteiger partial charge in [0.25, 0.3) is 0 Å². The second kappa shape index (κ2) is 9.04. The zero-order valence-corrected chi connectivity index (χ0v) is 20.0. The first-order valence-electron chi connectivity index (χ1n) is 12.3. The molecule has 7 nitrogen and oxygen atoms in total. The van der Waals surface area contributed by atoms with Gasteiger partial charge in [-0.1, -0.05) is 30.7 Å². The number of allylic oxidation sites excluding steroid dienone is 6. The molecule has 4 aliphatic rings. The second-order valence-corrected chi connectivity index (χ2v) is 9.70. The van der Waals surface area contributed by atoms with Gasteiger partial charge in [0.15, 0.2) is 11.6 Å². The lowest BCUT2D eigenvalue weighted by Gasteiger charge is -2.42. The molecule has 0 saturated carbocycles. The fourth-order valence-electron chi connectivity index (χ4n) is 6.17. The lowest BCUT2D eigenvalue weighted by atomic mass is 9.59. The van der Waals surface area contributed by atoms with E-state index >= 15 is 0 Å². The number of imide groups is 1. The molecule has 1 saturated heterocycles. The first kappa shape index (κ1) is 23.4. The minimum absolute atomic E-state index is 0.0955. The zero-order chi connectivity index (χ0) is 24.9. The molecule has 3 aliphatic carbocycles. The van der Waals surface area contributed by atoms with Gasteiger partial charge in [0.05, 0.1) is 18.4 Å². The Hall–Kier alpha value is -3.32. The monoisotopic (exact) mass is 475 g/mol. The summed E-state index contributed by atoms with van der Waals surface area (Å²) < 4.78 is 5.49. The summed E-state index contributed by atoms with van der Waals surface area (Å²) in [6, 6.07) is 7.31. The fourth-order valence-corrected chi connectivity index (χ4v) is 6.17. The zero-order valence-electron chi connectivity index (χ0n) is 20.0. The van der Waals surface area contributed by atoms with Crippen LogP contribution < -0.4 is 4.74 Å². The lowest BCUT2D eigenvalue weighted by molar-refractivity contribution is -0.140. The molecule has 0 bridgehead atoms. The Labute approximate surface area is 204 Å². The van der Waals surface area contributed by atoms with E-state index in [1.54, 1.807) is 19.1 Å². The van der Waals surface area contributed by atoms with E-state index in [2.05, 4.69) is 0 Å². The summed E-state index contributed by atoms with van der Waals surface area (Å²) in [5.41, 5.74) is 3.15. The fraction of sp³-hybridized carbons (Fsp3) is 0.429. The number of amides is 2. The lowest BCUT2D eigenvalue weighted by Crippen LogP contribution is -2.39. The topological polar surface area (TPSA) is 101 Å². The second-order valence-electron chi connectivity index (χ2n) is 9.70. The normalized spacial score (nSPS) is 27.9. The summed E-state index contributed by atoms with van der Waals surface area (Å²) in [4.78, 5) is 54.3. The van der Waals surface area contributed by atoms with Gasteiger partial charge < -0.3 is 9.84 Å². The molecular formula is C28H29NO6. The van der Waals surface area contributed by atoms with E-state index in [4.69, 9.17) is 9.84 Å². The average molecular weight is 476 g/mol. The van der Waals surface area contributed by atoms with Crippen molar-refractivity contribution in [3.63, 3.8) is 0 Å². The SMILES string of the molecule is CCCN1C(=O)[C@H]2[C@H](CC=C3[C@H](c4ccc(OCCO)cc4)C4=C(C[C@H]32)C(=O)C=C(C)C4=O)C1=O. The molecule has 1 N–H and O–H groups in total. The van der Waals surface area contributed by atoms with Crippen LogP contribution in [0.15, 0.2) is 58.7 Å². The molecule has 2 amide bonds. The smallest absolute Gasteiger partial charge is 0.233 e. The number of aliphatic hydroxyl groups is 1. The summed E-state index contributed by atoms with van der Waals surface area (Å²) in [7, 11) is 0. The number of nitrogens with zero attached hydrogens (tertiary/aromatic N) is 1. The molecule has 7 heteroatoms. The van der Waals surface area contributed by atoms with Crippen molar-refractivity contribution in [2.45, 2.75) is 39.0 Å². The molecule has 0 unspecified atom stereocenters. The van der Waals surface area contributed by atoms with Crippen LogP contribution in [-0.2, 0) is 19.2 Å². The molecule has 35 heavy (non-hydrogen) atoms. The van der Waals surface area contributed by atoms with Crippen LogP contribution >= 0.6 is 0 Å². The highest BCUT2D eigenvalue weighted by molar-refractivity contribution is 6.23. The predicted octanol–water partition coefficient (Wildman–Crippen LogP) is 2.90. The largest absolute Gasteiger partial charge is 0.491 e. The summed E-state index contributed by atoms with van der Waals surface area (Å²) in [5.74, 6) is -1.70. The van der Waals surface area contributed by atoms with Gasteiger partial charge in [0.1, 0.15) is 12.4 Å². The third-order valence-electron chi connectivity index (χ3n) is 7.68. The van der Waals surface area contributed by atoms with E-state index < -0.39 is 17.8 Å². The summed E-state index contributed by atoms with van der Waals surface area (Å²) >= 11 is 0. The molecule has 1 heterocycles. The number of fused-ring (bicyclic) bond motifs is 3. The third-order valence-corrected chi connectivity index (χ3v) is 7.68. The first-order valence-corrected chi connectivity index (χ1v) is 12.3. The Morgan fingerprint density at radius 3 is 2.49 bits per heavy atom. The first-order chi connectivity index (χ1) is 16.9. The van der Waals surface area contributed by atoms with Gasteiger partial charge in [-0.15, -0.1) is 0 Å². The Kier molecular flexibility index (Phi) is 6.05. The van der Waals surface area contributed by atoms with Crippen molar-refractivity contribution in [1.29, 1.82) is 0 Å². The van der Waals surface area contributed by atoms with Gasteiger partial charge in [0.2, 0.25) is 11.8 Å². The number of benzene rings is 1. The van der Waals surface area contributed by atoms with E-state index in [-0.39, 0.29) is 42.5 Å². The number of hydrogen-bond donors (Lipinski definition) is 1. The van der Waals surface area contributed by atoms with Crippen LogP contribution in [0.3, 0.4) is 0 Å². The maximum atomic E-state index is 13.4. The van der Waals surface area contributed by atoms with Gasteiger partial charge in [0, 0.05) is 29.2 Å². The summed E-state index contributed by atoms with van der Waals surface area (Å²) in [6.45, 7) is 4.08. The van der Waals surface area contributed by atoms with Crippen molar-refractivity contribution in [2.24, 2.45) is 17.8 Å².